The molecule has 2 amide bonds. The second-order valence-electron chi connectivity index (χ2n) is 11.2. The van der Waals surface area contributed by atoms with Gasteiger partial charge in [-0.2, -0.15) is 0 Å². The summed E-state index contributed by atoms with van der Waals surface area (Å²) < 4.78 is 5.83. The van der Waals surface area contributed by atoms with Gasteiger partial charge in [-0.3, -0.25) is 4.79 Å². The number of nitrogens with zero attached hydrogens (tertiary/aromatic N) is 1. The monoisotopic (exact) mass is 591 g/mol. The lowest BCUT2D eigenvalue weighted by Gasteiger charge is -2.44. The van der Waals surface area contributed by atoms with Crippen molar-refractivity contribution in [1.29, 1.82) is 0 Å². The predicted octanol–water partition coefficient (Wildman–Crippen LogP) is 5.45. The van der Waals surface area contributed by atoms with E-state index >= 15 is 0 Å². The molecule has 222 valence electrons. The fourth-order valence-electron chi connectivity index (χ4n) is 6.32. The number of piperidine rings is 1. The number of halogens is 1. The lowest BCUT2D eigenvalue weighted by atomic mass is 9.72. The van der Waals surface area contributed by atoms with E-state index in [1.54, 1.807) is 0 Å². The van der Waals surface area contributed by atoms with Crippen molar-refractivity contribution < 1.29 is 24.5 Å². The molecule has 3 aromatic carbocycles. The van der Waals surface area contributed by atoms with Crippen LogP contribution in [0.4, 0.5) is 4.79 Å². The van der Waals surface area contributed by atoms with E-state index < -0.39 is 11.7 Å². The molecule has 3 aromatic rings. The largest absolute Gasteiger partial charge is 0.493 e. The number of ether oxygens (including phenoxy) is 1. The SMILES string of the molecule is CNCc1ccc(C(=O)N2CCCC(C(O)(CCCNC(=O)O)c3cccc(Cl)c3-c3ccc4c(c3)OCC4)C2)cc1. The maximum absolute atomic E-state index is 13.6. The molecule has 8 nitrogen and oxygen atoms in total. The van der Waals surface area contributed by atoms with E-state index in [0.29, 0.717) is 55.1 Å². The summed E-state index contributed by atoms with van der Waals surface area (Å²) in [6.07, 6.45) is 1.93. The van der Waals surface area contributed by atoms with Crippen molar-refractivity contribution in [3.63, 3.8) is 0 Å². The van der Waals surface area contributed by atoms with Crippen LogP contribution >= 0.6 is 11.6 Å². The Bertz CT molecular complexity index is 1430. The van der Waals surface area contributed by atoms with Crippen molar-refractivity contribution >= 4 is 23.6 Å². The van der Waals surface area contributed by atoms with Crippen LogP contribution in [0.15, 0.2) is 60.7 Å². The summed E-state index contributed by atoms with van der Waals surface area (Å²) in [7, 11) is 1.88. The lowest BCUT2D eigenvalue weighted by molar-refractivity contribution is -0.0563. The van der Waals surface area contributed by atoms with Crippen LogP contribution in [0.5, 0.6) is 5.75 Å². The van der Waals surface area contributed by atoms with Crippen molar-refractivity contribution in [1.82, 2.24) is 15.5 Å². The first-order valence-corrected chi connectivity index (χ1v) is 14.9. The Hall–Kier alpha value is -3.59. The van der Waals surface area contributed by atoms with Gasteiger partial charge in [-0.25, -0.2) is 4.79 Å². The van der Waals surface area contributed by atoms with Gasteiger partial charge in [-0.1, -0.05) is 48.0 Å². The minimum Gasteiger partial charge on any atom is -0.493 e. The Morgan fingerprint density at radius 3 is 2.71 bits per heavy atom. The summed E-state index contributed by atoms with van der Waals surface area (Å²) in [5.74, 6) is 0.474. The number of carboxylic acid groups (broad SMARTS) is 1. The fourth-order valence-corrected chi connectivity index (χ4v) is 6.60. The van der Waals surface area contributed by atoms with Gasteiger partial charge in [0.25, 0.3) is 5.91 Å². The van der Waals surface area contributed by atoms with Crippen LogP contribution in [0.3, 0.4) is 0 Å². The Morgan fingerprint density at radius 2 is 1.95 bits per heavy atom. The number of hydrogen-bond donors (Lipinski definition) is 4. The van der Waals surface area contributed by atoms with Crippen LogP contribution < -0.4 is 15.4 Å². The summed E-state index contributed by atoms with van der Waals surface area (Å²) in [6.45, 7) is 2.55. The van der Waals surface area contributed by atoms with Crippen LogP contribution in [-0.2, 0) is 18.6 Å². The zero-order valence-corrected chi connectivity index (χ0v) is 24.6. The Kier molecular flexibility index (Phi) is 9.36. The van der Waals surface area contributed by atoms with E-state index in [2.05, 4.69) is 10.6 Å². The highest BCUT2D eigenvalue weighted by molar-refractivity contribution is 6.33. The Balaban J connectivity index is 1.48. The molecule has 42 heavy (non-hydrogen) atoms. The third-order valence-electron chi connectivity index (χ3n) is 8.44. The maximum atomic E-state index is 13.6. The second kappa shape index (κ2) is 13.2. The fraction of sp³-hybridized carbons (Fsp3) is 0.394. The lowest BCUT2D eigenvalue weighted by Crippen LogP contribution is -2.48. The molecule has 5 rings (SSSR count). The van der Waals surface area contributed by atoms with E-state index in [4.69, 9.17) is 21.4 Å². The number of fused-ring (bicyclic) bond motifs is 1. The number of hydrogen-bond acceptors (Lipinski definition) is 5. The molecule has 9 heteroatoms. The van der Waals surface area contributed by atoms with Gasteiger partial charge in [-0.15, -0.1) is 0 Å². The molecule has 0 saturated carbocycles. The highest BCUT2D eigenvalue weighted by Crippen LogP contribution is 2.46. The quantitative estimate of drug-likeness (QED) is 0.233. The number of likely N-dealkylation sites (tertiary alicyclic amines) is 1. The van der Waals surface area contributed by atoms with Crippen LogP contribution in [0, 0.1) is 5.92 Å². The highest BCUT2D eigenvalue weighted by atomic mass is 35.5. The molecule has 2 aliphatic rings. The van der Waals surface area contributed by atoms with E-state index in [0.717, 1.165) is 47.4 Å². The van der Waals surface area contributed by atoms with Gasteiger partial charge in [0.05, 0.1) is 12.2 Å². The molecular formula is C33H38ClN3O5. The summed E-state index contributed by atoms with van der Waals surface area (Å²) in [5.41, 5.74) is 3.75. The molecule has 2 aliphatic heterocycles. The predicted molar refractivity (Wildman–Crippen MR) is 163 cm³/mol. The van der Waals surface area contributed by atoms with Crippen molar-refractivity contribution in [2.75, 3.05) is 33.3 Å². The molecule has 0 aromatic heterocycles. The smallest absolute Gasteiger partial charge is 0.404 e. The van der Waals surface area contributed by atoms with E-state index in [1.165, 1.54) is 0 Å². The molecule has 0 spiro atoms. The van der Waals surface area contributed by atoms with Gasteiger partial charge in [-0.05, 0) is 79.3 Å². The van der Waals surface area contributed by atoms with Crippen molar-refractivity contribution in [3.8, 4) is 16.9 Å². The minimum atomic E-state index is -1.37. The van der Waals surface area contributed by atoms with Gasteiger partial charge >= 0.3 is 6.09 Å². The molecular weight excluding hydrogens is 554 g/mol. The number of carbonyl (C=O) groups is 2. The summed E-state index contributed by atoms with van der Waals surface area (Å²) in [6, 6.07) is 19.2. The molecule has 1 saturated heterocycles. The maximum Gasteiger partial charge on any atom is 0.404 e. The second-order valence-corrected chi connectivity index (χ2v) is 11.6. The van der Waals surface area contributed by atoms with E-state index in [1.807, 2.05) is 72.6 Å². The van der Waals surface area contributed by atoms with Gasteiger partial charge < -0.3 is 30.5 Å². The van der Waals surface area contributed by atoms with Gasteiger partial charge in [0.15, 0.2) is 0 Å². The molecule has 2 atom stereocenters. The first kappa shape index (κ1) is 29.9. The number of rotatable bonds is 10. The average molecular weight is 592 g/mol. The normalized spacial score (nSPS) is 17.7. The van der Waals surface area contributed by atoms with Gasteiger partial charge in [0.2, 0.25) is 0 Å². The van der Waals surface area contributed by atoms with Crippen molar-refractivity contribution in [2.24, 2.45) is 5.92 Å². The summed E-state index contributed by atoms with van der Waals surface area (Å²) in [5, 5.41) is 27.8. The number of nitrogens with one attached hydrogen (secondary N) is 2. The zero-order chi connectivity index (χ0) is 29.7. The molecule has 0 aliphatic carbocycles. The zero-order valence-electron chi connectivity index (χ0n) is 23.9. The number of carbonyl (C=O) groups excluding carboxylic acids is 1. The molecule has 0 radical (unpaired) electrons. The topological polar surface area (TPSA) is 111 Å². The van der Waals surface area contributed by atoms with E-state index in [9.17, 15) is 14.7 Å². The molecule has 4 N–H and O–H groups in total. The van der Waals surface area contributed by atoms with Crippen molar-refractivity contribution in [2.45, 2.75) is 44.2 Å². The van der Waals surface area contributed by atoms with Gasteiger partial charge in [0, 0.05) is 54.7 Å². The Labute approximate surface area is 251 Å². The number of benzene rings is 3. The van der Waals surface area contributed by atoms with Gasteiger partial charge in [0.1, 0.15) is 5.75 Å². The summed E-state index contributed by atoms with van der Waals surface area (Å²) >= 11 is 6.85. The average Bonchev–Trinajstić information content (AvgIpc) is 3.47. The molecule has 1 fully saturated rings. The molecule has 2 unspecified atom stereocenters. The first-order chi connectivity index (χ1) is 20.3. The Morgan fingerprint density at radius 1 is 1.14 bits per heavy atom. The van der Waals surface area contributed by atoms with Crippen LogP contribution in [0.1, 0.15) is 52.7 Å². The number of aliphatic hydroxyl groups is 1. The van der Waals surface area contributed by atoms with Crippen molar-refractivity contribution in [3.05, 3.63) is 87.9 Å². The molecule has 2 heterocycles. The van der Waals surface area contributed by atoms with Crippen LogP contribution in [-0.4, -0.2) is 60.4 Å². The molecule has 0 bridgehead atoms. The third-order valence-corrected chi connectivity index (χ3v) is 8.76. The van der Waals surface area contributed by atoms with Crippen LogP contribution in [0.2, 0.25) is 5.02 Å². The standard InChI is InChI=1S/C33H38ClN3O5/c1-35-20-22-8-10-24(11-9-22)31(38)37-17-3-5-26(21-37)33(41,15-4-16-36-32(39)40)27-6-2-7-28(34)30(27)25-13-12-23-14-18-42-29(23)19-25/h2,6-13,19,26,35-36,41H,3-5,14-18,20-21H2,1H3,(H,39,40). The van der Waals surface area contributed by atoms with E-state index in [-0.39, 0.29) is 18.4 Å². The third kappa shape index (κ3) is 6.41. The first-order valence-electron chi connectivity index (χ1n) is 14.6. The van der Waals surface area contributed by atoms with Crippen LogP contribution in [0.25, 0.3) is 11.1 Å². The number of amides is 2. The summed E-state index contributed by atoms with van der Waals surface area (Å²) in [4.78, 5) is 26.5. The highest BCUT2D eigenvalue weighted by Gasteiger charge is 2.43. The minimum absolute atomic E-state index is 0.0623.